The summed E-state index contributed by atoms with van der Waals surface area (Å²) in [6, 6.07) is 21.2. The number of Topliss-reactive ketones (excluding diaryl/α,β-unsaturated/α-hetero) is 2. The summed E-state index contributed by atoms with van der Waals surface area (Å²) < 4.78 is 22.6. The Morgan fingerprint density at radius 1 is 0.634 bits per heavy atom. The first kappa shape index (κ1) is 30.2. The second-order valence-corrected chi connectivity index (χ2v) is 11.3. The summed E-state index contributed by atoms with van der Waals surface area (Å²) in [5, 5.41) is 21.8. The fourth-order valence-electron chi connectivity index (χ4n) is 3.98. The van der Waals surface area contributed by atoms with Gasteiger partial charge < -0.3 is 19.3 Å². The summed E-state index contributed by atoms with van der Waals surface area (Å²) in [5.74, 6) is -1.96. The van der Waals surface area contributed by atoms with Gasteiger partial charge >= 0.3 is 7.82 Å². The van der Waals surface area contributed by atoms with Crippen LogP contribution in [0.2, 0.25) is 10.0 Å². The molecule has 4 aromatic rings. The molecule has 8 nitrogen and oxygen atoms in total. The van der Waals surface area contributed by atoms with E-state index < -0.39 is 19.3 Å². The molecule has 0 saturated carbocycles. The van der Waals surface area contributed by atoms with Crippen molar-refractivity contribution in [1.29, 1.82) is 0 Å². The molecule has 0 unspecified atom stereocenters. The predicted molar refractivity (Wildman–Crippen MR) is 156 cm³/mol. The summed E-state index contributed by atoms with van der Waals surface area (Å²) in [5.41, 5.74) is 1.87. The number of phenols is 2. The van der Waals surface area contributed by atoms with Gasteiger partial charge in [-0.05, 0) is 72.5 Å². The van der Waals surface area contributed by atoms with Crippen molar-refractivity contribution in [1.82, 2.24) is 0 Å². The van der Waals surface area contributed by atoms with Crippen LogP contribution in [0.4, 0.5) is 0 Å². The highest BCUT2D eigenvalue weighted by Gasteiger charge is 2.27. The molecule has 4 rings (SSSR count). The van der Waals surface area contributed by atoms with Gasteiger partial charge in [-0.25, -0.2) is 4.57 Å². The number of aromatic hydroxyl groups is 2. The molecule has 0 amide bonds. The molecular formula is C30H25Cl2O8P. The van der Waals surface area contributed by atoms with Crippen LogP contribution in [-0.2, 0) is 17.4 Å². The number of phenolic OH excluding ortho intramolecular Hbond substituents is 2. The number of ketones is 2. The van der Waals surface area contributed by atoms with Gasteiger partial charge in [0.05, 0.1) is 11.1 Å². The number of carbonyl (C=O) groups is 2. The van der Waals surface area contributed by atoms with Gasteiger partial charge in [0.2, 0.25) is 0 Å². The van der Waals surface area contributed by atoms with Crippen LogP contribution >= 0.6 is 31.0 Å². The van der Waals surface area contributed by atoms with E-state index in [-0.39, 0.29) is 47.0 Å². The molecule has 0 heterocycles. The van der Waals surface area contributed by atoms with Gasteiger partial charge in [0, 0.05) is 35.0 Å². The number of aryl methyl sites for hydroxylation is 2. The zero-order chi connectivity index (χ0) is 29.6. The quantitative estimate of drug-likeness (QED) is 0.110. The van der Waals surface area contributed by atoms with Crippen molar-refractivity contribution in [2.45, 2.75) is 25.7 Å². The van der Waals surface area contributed by atoms with Crippen LogP contribution in [0, 0.1) is 0 Å². The monoisotopic (exact) mass is 614 g/mol. The van der Waals surface area contributed by atoms with E-state index >= 15 is 0 Å². The fourth-order valence-corrected chi connectivity index (χ4v) is 5.03. The maximum absolute atomic E-state index is 12.6. The summed E-state index contributed by atoms with van der Waals surface area (Å²) in [6.45, 7) is 0. The molecule has 0 saturated heterocycles. The van der Waals surface area contributed by atoms with Gasteiger partial charge in [0.1, 0.15) is 23.0 Å². The van der Waals surface area contributed by atoms with Crippen molar-refractivity contribution in [2.75, 3.05) is 0 Å². The van der Waals surface area contributed by atoms with Crippen molar-refractivity contribution >= 4 is 42.6 Å². The molecule has 0 bridgehead atoms. The van der Waals surface area contributed by atoms with E-state index in [2.05, 4.69) is 0 Å². The van der Waals surface area contributed by atoms with Crippen molar-refractivity contribution in [3.8, 4) is 23.0 Å². The molecule has 0 atom stereocenters. The van der Waals surface area contributed by atoms with Crippen molar-refractivity contribution in [3.05, 3.63) is 117 Å². The highest BCUT2D eigenvalue weighted by Crippen LogP contribution is 2.46. The summed E-state index contributed by atoms with van der Waals surface area (Å²) >= 11 is 11.7. The van der Waals surface area contributed by atoms with Gasteiger partial charge in [-0.1, -0.05) is 47.5 Å². The fraction of sp³-hybridized carbons (Fsp3) is 0.133. The van der Waals surface area contributed by atoms with Crippen LogP contribution in [0.25, 0.3) is 0 Å². The third-order valence-electron chi connectivity index (χ3n) is 6.09. The first-order valence-corrected chi connectivity index (χ1v) is 14.7. The Morgan fingerprint density at radius 3 is 1.34 bits per heavy atom. The number of halogens is 2. The van der Waals surface area contributed by atoms with E-state index in [0.717, 1.165) is 23.3 Å². The van der Waals surface area contributed by atoms with E-state index in [1.807, 2.05) is 0 Å². The Labute approximate surface area is 246 Å². The molecule has 3 N–H and O–H groups in total. The average molecular weight is 615 g/mol. The van der Waals surface area contributed by atoms with Crippen LogP contribution in [-0.4, -0.2) is 26.7 Å². The number of benzene rings is 4. The molecule has 11 heteroatoms. The number of rotatable bonds is 12. The average Bonchev–Trinajstić information content (AvgIpc) is 2.92. The Morgan fingerprint density at radius 2 is 1.00 bits per heavy atom. The van der Waals surface area contributed by atoms with Crippen LogP contribution in [0.3, 0.4) is 0 Å². The molecule has 41 heavy (non-hydrogen) atoms. The Bertz CT molecular complexity index is 1490. The van der Waals surface area contributed by atoms with Gasteiger partial charge in [-0.15, -0.1) is 0 Å². The molecule has 0 spiro atoms. The number of carbonyl (C=O) groups excluding carboxylic acids is 2. The second-order valence-electron chi connectivity index (χ2n) is 9.11. The van der Waals surface area contributed by atoms with E-state index in [1.165, 1.54) is 24.3 Å². The van der Waals surface area contributed by atoms with E-state index in [4.69, 9.17) is 32.2 Å². The smallest absolute Gasteiger partial charge is 0.507 e. The molecule has 0 radical (unpaired) electrons. The molecule has 0 fully saturated rings. The second kappa shape index (κ2) is 13.2. The normalized spacial score (nSPS) is 11.2. The van der Waals surface area contributed by atoms with Crippen molar-refractivity contribution < 1.29 is 38.3 Å². The minimum absolute atomic E-state index is 0.0289. The SMILES string of the molecule is O=C(CCc1ccc(Cl)cc1)c1ccc(OP(=O)(O)Oc2ccc(C(=O)CCc3ccc(Cl)cc3)c(O)c2)cc1O. The van der Waals surface area contributed by atoms with Gasteiger partial charge in [-0.3, -0.25) is 14.5 Å². The lowest BCUT2D eigenvalue weighted by Gasteiger charge is -2.15. The minimum Gasteiger partial charge on any atom is -0.507 e. The third-order valence-corrected chi connectivity index (χ3v) is 7.48. The first-order chi connectivity index (χ1) is 19.5. The van der Waals surface area contributed by atoms with Crippen LogP contribution in [0.5, 0.6) is 23.0 Å². The van der Waals surface area contributed by atoms with E-state index in [1.54, 1.807) is 48.5 Å². The molecule has 0 aromatic heterocycles. The number of hydrogen-bond donors (Lipinski definition) is 3. The maximum atomic E-state index is 12.6. The lowest BCUT2D eigenvalue weighted by Crippen LogP contribution is -2.04. The van der Waals surface area contributed by atoms with Gasteiger partial charge in [0.15, 0.2) is 11.6 Å². The zero-order valence-electron chi connectivity index (χ0n) is 21.5. The predicted octanol–water partition coefficient (Wildman–Crippen LogP) is 7.59. The number of hydrogen-bond acceptors (Lipinski definition) is 7. The number of phosphoric acid groups is 1. The summed E-state index contributed by atoms with van der Waals surface area (Å²) in [4.78, 5) is 35.4. The minimum atomic E-state index is -4.78. The maximum Gasteiger partial charge on any atom is 0.584 e. The summed E-state index contributed by atoms with van der Waals surface area (Å²) in [6.07, 6.45) is 1.13. The van der Waals surface area contributed by atoms with Crippen molar-refractivity contribution in [3.63, 3.8) is 0 Å². The molecule has 0 aliphatic heterocycles. The highest BCUT2D eigenvalue weighted by molar-refractivity contribution is 7.48. The van der Waals surface area contributed by atoms with Crippen LogP contribution in [0.1, 0.15) is 44.7 Å². The molecule has 212 valence electrons. The lowest BCUT2D eigenvalue weighted by atomic mass is 10.0. The molecule has 0 aliphatic carbocycles. The highest BCUT2D eigenvalue weighted by atomic mass is 35.5. The largest absolute Gasteiger partial charge is 0.584 e. The van der Waals surface area contributed by atoms with E-state index in [9.17, 15) is 29.3 Å². The van der Waals surface area contributed by atoms with Gasteiger partial charge in [-0.2, -0.15) is 0 Å². The lowest BCUT2D eigenvalue weighted by molar-refractivity contribution is 0.0972. The standard InChI is InChI=1S/C30H25Cl2O8P/c31-21-7-1-19(2-8-21)5-15-27(33)25-13-11-23(17-29(25)35)39-41(37,38)40-24-12-14-26(30(36)18-24)28(34)16-6-20-3-9-22(32)10-4-20/h1-4,7-14,17-18,35-36H,5-6,15-16H2,(H,37,38). The summed E-state index contributed by atoms with van der Waals surface area (Å²) in [7, 11) is -4.78. The van der Waals surface area contributed by atoms with Crippen molar-refractivity contribution in [2.24, 2.45) is 0 Å². The molecular weight excluding hydrogens is 590 g/mol. The molecule has 4 aromatic carbocycles. The van der Waals surface area contributed by atoms with Crippen LogP contribution < -0.4 is 9.05 Å². The molecule has 0 aliphatic rings. The van der Waals surface area contributed by atoms with Gasteiger partial charge in [0.25, 0.3) is 0 Å². The third kappa shape index (κ3) is 8.59. The Balaban J connectivity index is 1.34. The van der Waals surface area contributed by atoms with Crippen LogP contribution in [0.15, 0.2) is 84.9 Å². The topological polar surface area (TPSA) is 130 Å². The first-order valence-electron chi connectivity index (χ1n) is 12.4. The Kier molecular flexibility index (Phi) is 9.73. The zero-order valence-corrected chi connectivity index (χ0v) is 23.9. The Hall–Kier alpha value is -3.81. The van der Waals surface area contributed by atoms with E-state index in [0.29, 0.717) is 22.9 Å². The number of phosphoric ester groups is 1.